The molecule has 158 valence electrons. The minimum Gasteiger partial charge on any atom is -0.497 e. The van der Waals surface area contributed by atoms with E-state index < -0.39 is 11.8 Å². The molecule has 0 saturated heterocycles. The highest BCUT2D eigenvalue weighted by Crippen LogP contribution is 2.32. The molecule has 8 heteroatoms. The van der Waals surface area contributed by atoms with E-state index in [4.69, 9.17) is 24.8 Å². The predicted octanol–water partition coefficient (Wildman–Crippen LogP) is 2.68. The van der Waals surface area contributed by atoms with E-state index in [0.29, 0.717) is 39.1 Å². The summed E-state index contributed by atoms with van der Waals surface area (Å²) in [6, 6.07) is 9.71. The quantitative estimate of drug-likeness (QED) is 0.308. The molecule has 0 atom stereocenters. The van der Waals surface area contributed by atoms with Crippen LogP contribution in [0.15, 0.2) is 49.6 Å². The lowest BCUT2D eigenvalue weighted by Gasteiger charge is -2.20. The van der Waals surface area contributed by atoms with E-state index in [2.05, 4.69) is 13.2 Å². The molecule has 2 rings (SSSR count). The summed E-state index contributed by atoms with van der Waals surface area (Å²) in [5.41, 5.74) is 0.586. The Balaban J connectivity index is 2.33. The van der Waals surface area contributed by atoms with E-state index in [1.54, 1.807) is 36.4 Å². The van der Waals surface area contributed by atoms with Gasteiger partial charge >= 0.3 is 0 Å². The maximum atomic E-state index is 12.9. The predicted molar refractivity (Wildman–Crippen MR) is 113 cm³/mol. The highest BCUT2D eigenvalue weighted by molar-refractivity contribution is 6.31. The number of carbonyl (C=O) groups is 2. The van der Waals surface area contributed by atoms with E-state index >= 15 is 0 Å². The molecule has 0 aromatic heterocycles. The van der Waals surface area contributed by atoms with Crippen molar-refractivity contribution in [2.45, 2.75) is 0 Å². The van der Waals surface area contributed by atoms with Crippen molar-refractivity contribution in [2.75, 3.05) is 28.4 Å². The summed E-state index contributed by atoms with van der Waals surface area (Å²) in [4.78, 5) is 25.7. The van der Waals surface area contributed by atoms with Gasteiger partial charge in [-0.3, -0.25) is 9.59 Å². The first-order valence-corrected chi connectivity index (χ1v) is 8.75. The van der Waals surface area contributed by atoms with Crippen LogP contribution in [0, 0.1) is 0 Å². The zero-order valence-electron chi connectivity index (χ0n) is 17.4. The highest BCUT2D eigenvalue weighted by atomic mass is 16.5. The van der Waals surface area contributed by atoms with Crippen LogP contribution < -0.4 is 24.8 Å². The molecule has 0 heterocycles. The van der Waals surface area contributed by atoms with Crippen LogP contribution in [0.4, 0.5) is 0 Å². The average Bonchev–Trinajstić information content (AvgIpc) is 2.80. The van der Waals surface area contributed by atoms with Crippen molar-refractivity contribution in [3.05, 3.63) is 60.7 Å². The molecule has 0 aliphatic heterocycles. The zero-order chi connectivity index (χ0) is 22.4. The van der Waals surface area contributed by atoms with Crippen molar-refractivity contribution >= 4 is 23.0 Å². The van der Waals surface area contributed by atoms with Crippen LogP contribution in [0.25, 0.3) is 11.1 Å². The molecular formula is C22H24N2O6. The standard InChI is InChI=1S/C22H24N2O6/c1-13(17-11-15(27-3)7-9-19(17)29-5)21(25)24(23)22(26)14(2)18-12-16(28-4)8-10-20(18)30-6/h7-12H,1-2,23H2,3-6H3. The molecule has 0 unspecified atom stereocenters. The summed E-state index contributed by atoms with van der Waals surface area (Å²) >= 11 is 0. The highest BCUT2D eigenvalue weighted by Gasteiger charge is 2.27. The number of amides is 2. The monoisotopic (exact) mass is 412 g/mol. The molecule has 2 aromatic rings. The molecule has 2 amide bonds. The molecular weight excluding hydrogens is 388 g/mol. The number of rotatable bonds is 8. The maximum absolute atomic E-state index is 12.9. The van der Waals surface area contributed by atoms with Gasteiger partial charge in [-0.05, 0) is 36.4 Å². The molecule has 30 heavy (non-hydrogen) atoms. The SMILES string of the molecule is C=C(C(=O)N(N)C(=O)C(=C)c1cc(OC)ccc1OC)c1cc(OC)ccc1OC. The van der Waals surface area contributed by atoms with Gasteiger partial charge in [0.15, 0.2) is 0 Å². The van der Waals surface area contributed by atoms with E-state index in [1.807, 2.05) is 0 Å². The summed E-state index contributed by atoms with van der Waals surface area (Å²) in [6.45, 7) is 7.54. The van der Waals surface area contributed by atoms with Crippen LogP contribution in [-0.4, -0.2) is 45.3 Å². The molecule has 0 spiro atoms. The first-order valence-electron chi connectivity index (χ1n) is 8.75. The van der Waals surface area contributed by atoms with E-state index in [9.17, 15) is 9.59 Å². The Labute approximate surface area is 175 Å². The van der Waals surface area contributed by atoms with Crippen molar-refractivity contribution < 1.29 is 28.5 Å². The summed E-state index contributed by atoms with van der Waals surface area (Å²) in [6.07, 6.45) is 0. The first kappa shape index (κ1) is 22.5. The number of benzene rings is 2. The van der Waals surface area contributed by atoms with Crippen LogP contribution in [0.5, 0.6) is 23.0 Å². The van der Waals surface area contributed by atoms with Crippen LogP contribution in [0.2, 0.25) is 0 Å². The topological polar surface area (TPSA) is 100 Å². The Kier molecular flexibility index (Phi) is 7.22. The van der Waals surface area contributed by atoms with Crippen LogP contribution in [0.3, 0.4) is 0 Å². The van der Waals surface area contributed by atoms with E-state index in [0.717, 1.165) is 0 Å². The summed E-state index contributed by atoms with van der Waals surface area (Å²) < 4.78 is 20.9. The third kappa shape index (κ3) is 4.44. The Bertz CT molecular complexity index is 920. The number of methoxy groups -OCH3 is 4. The lowest BCUT2D eigenvalue weighted by Crippen LogP contribution is -2.43. The molecule has 0 fully saturated rings. The van der Waals surface area contributed by atoms with Crippen molar-refractivity contribution in [2.24, 2.45) is 5.84 Å². The number of hydrogen-bond donors (Lipinski definition) is 1. The fourth-order valence-corrected chi connectivity index (χ4v) is 2.71. The smallest absolute Gasteiger partial charge is 0.275 e. The van der Waals surface area contributed by atoms with Crippen molar-refractivity contribution in [3.8, 4) is 23.0 Å². The number of hydrazine groups is 1. The van der Waals surface area contributed by atoms with Gasteiger partial charge in [-0.15, -0.1) is 0 Å². The Hall–Kier alpha value is -3.78. The van der Waals surface area contributed by atoms with Gasteiger partial charge in [-0.1, -0.05) is 13.2 Å². The molecule has 0 bridgehead atoms. The molecule has 0 saturated carbocycles. The number of imide groups is 1. The van der Waals surface area contributed by atoms with Crippen LogP contribution in [0.1, 0.15) is 11.1 Å². The summed E-state index contributed by atoms with van der Waals surface area (Å²) in [7, 11) is 5.87. The molecule has 0 aliphatic carbocycles. The Morgan fingerprint density at radius 2 is 1.10 bits per heavy atom. The van der Waals surface area contributed by atoms with Gasteiger partial charge in [-0.25, -0.2) is 10.9 Å². The number of hydrogen-bond acceptors (Lipinski definition) is 7. The molecule has 0 aliphatic rings. The van der Waals surface area contributed by atoms with Gasteiger partial charge in [0.1, 0.15) is 23.0 Å². The third-order valence-corrected chi connectivity index (χ3v) is 4.42. The van der Waals surface area contributed by atoms with Crippen molar-refractivity contribution in [1.82, 2.24) is 5.01 Å². The maximum Gasteiger partial charge on any atom is 0.275 e. The second-order valence-corrected chi connectivity index (χ2v) is 6.07. The normalized spacial score (nSPS) is 10.0. The molecule has 2 N–H and O–H groups in total. The number of nitrogens with two attached hydrogens (primary N) is 1. The lowest BCUT2D eigenvalue weighted by atomic mass is 10.0. The molecule has 8 nitrogen and oxygen atoms in total. The van der Waals surface area contributed by atoms with Crippen molar-refractivity contribution in [3.63, 3.8) is 0 Å². The summed E-state index contributed by atoms with van der Waals surface area (Å²) in [5.74, 6) is 5.91. The molecule has 0 radical (unpaired) electrons. The average molecular weight is 412 g/mol. The van der Waals surface area contributed by atoms with Crippen LogP contribution in [-0.2, 0) is 9.59 Å². The fraction of sp³-hybridized carbons (Fsp3) is 0.182. The van der Waals surface area contributed by atoms with Gasteiger partial charge < -0.3 is 18.9 Å². The Morgan fingerprint density at radius 1 is 0.733 bits per heavy atom. The summed E-state index contributed by atoms with van der Waals surface area (Å²) in [5, 5.41) is 0.447. The van der Waals surface area contributed by atoms with Crippen LogP contribution >= 0.6 is 0 Å². The van der Waals surface area contributed by atoms with Gasteiger partial charge in [0, 0.05) is 22.3 Å². The van der Waals surface area contributed by atoms with Gasteiger partial charge in [0.05, 0.1) is 28.4 Å². The van der Waals surface area contributed by atoms with E-state index in [1.165, 1.54) is 28.4 Å². The zero-order valence-corrected chi connectivity index (χ0v) is 17.4. The van der Waals surface area contributed by atoms with Gasteiger partial charge in [0.2, 0.25) is 0 Å². The number of nitrogens with zero attached hydrogens (tertiary/aromatic N) is 1. The third-order valence-electron chi connectivity index (χ3n) is 4.42. The van der Waals surface area contributed by atoms with Crippen molar-refractivity contribution in [1.29, 1.82) is 0 Å². The Morgan fingerprint density at radius 3 is 1.40 bits per heavy atom. The molecule has 2 aromatic carbocycles. The first-order chi connectivity index (χ1) is 14.3. The lowest BCUT2D eigenvalue weighted by molar-refractivity contribution is -0.137. The van der Waals surface area contributed by atoms with Gasteiger partial charge in [0.25, 0.3) is 11.8 Å². The van der Waals surface area contributed by atoms with Gasteiger partial charge in [-0.2, -0.15) is 0 Å². The largest absolute Gasteiger partial charge is 0.497 e. The minimum absolute atomic E-state index is 0.0491. The number of ether oxygens (including phenoxy) is 4. The van der Waals surface area contributed by atoms with E-state index in [-0.39, 0.29) is 11.1 Å². The second kappa shape index (κ2) is 9.62. The fourth-order valence-electron chi connectivity index (χ4n) is 2.71. The minimum atomic E-state index is -0.824. The second-order valence-electron chi connectivity index (χ2n) is 6.07. The number of carbonyl (C=O) groups excluding carboxylic acids is 2.